The fourth-order valence-corrected chi connectivity index (χ4v) is 2.86. The SMILES string of the molecule is COC(=O)c1cnc(NS(=O)(=O)c2ccc(OC(F)(F)F)cc2)nc1C(F)(F)F. The van der Waals surface area contributed by atoms with Crippen LogP contribution in [0.1, 0.15) is 16.1 Å². The second kappa shape index (κ2) is 7.73. The largest absolute Gasteiger partial charge is 0.573 e. The van der Waals surface area contributed by atoms with Gasteiger partial charge in [-0.25, -0.2) is 27.9 Å². The van der Waals surface area contributed by atoms with Crippen molar-refractivity contribution in [2.45, 2.75) is 17.4 Å². The van der Waals surface area contributed by atoms with Crippen molar-refractivity contribution in [3.05, 3.63) is 41.7 Å². The maximum absolute atomic E-state index is 13.1. The predicted octanol–water partition coefficient (Wildman–Crippen LogP) is 2.98. The third kappa shape index (κ3) is 5.69. The molecule has 0 saturated carbocycles. The minimum Gasteiger partial charge on any atom is -0.465 e. The van der Waals surface area contributed by atoms with Gasteiger partial charge in [-0.2, -0.15) is 13.2 Å². The van der Waals surface area contributed by atoms with Gasteiger partial charge in [0, 0.05) is 6.20 Å². The first-order valence-corrected chi connectivity index (χ1v) is 8.62. The second-order valence-corrected chi connectivity index (χ2v) is 6.75. The number of esters is 1. The number of carbonyl (C=O) groups is 1. The minimum atomic E-state index is -5.14. The lowest BCUT2D eigenvalue weighted by atomic mass is 10.2. The van der Waals surface area contributed by atoms with Crippen molar-refractivity contribution >= 4 is 21.9 Å². The number of anilines is 1. The van der Waals surface area contributed by atoms with Crippen LogP contribution in [0, 0.1) is 0 Å². The van der Waals surface area contributed by atoms with Gasteiger partial charge in [0.2, 0.25) is 5.95 Å². The van der Waals surface area contributed by atoms with E-state index in [0.29, 0.717) is 18.3 Å². The van der Waals surface area contributed by atoms with Crippen molar-refractivity contribution in [2.75, 3.05) is 11.8 Å². The average molecular weight is 445 g/mol. The number of ether oxygens (including phenoxy) is 2. The van der Waals surface area contributed by atoms with Gasteiger partial charge in [-0.15, -0.1) is 13.2 Å². The number of alkyl halides is 6. The molecule has 0 amide bonds. The van der Waals surface area contributed by atoms with Crippen molar-refractivity contribution in [1.82, 2.24) is 9.97 Å². The lowest BCUT2D eigenvalue weighted by molar-refractivity contribution is -0.274. The highest BCUT2D eigenvalue weighted by Gasteiger charge is 2.39. The van der Waals surface area contributed by atoms with Crippen LogP contribution >= 0.6 is 0 Å². The fraction of sp³-hybridized carbons (Fsp3) is 0.214. The Kier molecular flexibility index (Phi) is 5.91. The number of halogens is 6. The van der Waals surface area contributed by atoms with Gasteiger partial charge in [0.15, 0.2) is 5.69 Å². The van der Waals surface area contributed by atoms with Gasteiger partial charge in [0.05, 0.1) is 12.0 Å². The van der Waals surface area contributed by atoms with E-state index in [1.165, 1.54) is 0 Å². The zero-order valence-electron chi connectivity index (χ0n) is 14.0. The molecule has 1 aromatic heterocycles. The molecule has 0 saturated heterocycles. The summed E-state index contributed by atoms with van der Waals surface area (Å²) < 4.78 is 109. The molecule has 0 unspecified atom stereocenters. The molecule has 0 fully saturated rings. The number of aromatic nitrogens is 2. The Morgan fingerprint density at radius 2 is 1.66 bits per heavy atom. The fourth-order valence-electron chi connectivity index (χ4n) is 1.91. The summed E-state index contributed by atoms with van der Waals surface area (Å²) in [5.41, 5.74) is -2.79. The topological polar surface area (TPSA) is 107 Å². The zero-order chi connectivity index (χ0) is 22.0. The van der Waals surface area contributed by atoms with E-state index in [1.54, 1.807) is 4.72 Å². The summed E-state index contributed by atoms with van der Waals surface area (Å²) in [5.74, 6) is -3.14. The third-order valence-corrected chi connectivity index (χ3v) is 4.40. The molecule has 15 heteroatoms. The highest BCUT2D eigenvalue weighted by atomic mass is 32.2. The maximum Gasteiger partial charge on any atom is 0.573 e. The van der Waals surface area contributed by atoms with Gasteiger partial charge in [-0.1, -0.05) is 0 Å². The molecule has 0 atom stereocenters. The zero-order valence-corrected chi connectivity index (χ0v) is 14.8. The number of hydrogen-bond donors (Lipinski definition) is 1. The Bertz CT molecular complexity index is 1010. The summed E-state index contributed by atoms with van der Waals surface area (Å²) in [6.07, 6.45) is -9.72. The molecule has 158 valence electrons. The lowest BCUT2D eigenvalue weighted by Crippen LogP contribution is -2.21. The van der Waals surface area contributed by atoms with Crippen molar-refractivity contribution in [2.24, 2.45) is 0 Å². The number of hydrogen-bond acceptors (Lipinski definition) is 7. The normalized spacial score (nSPS) is 12.4. The predicted molar refractivity (Wildman–Crippen MR) is 82.3 cm³/mol. The average Bonchev–Trinajstić information content (AvgIpc) is 2.59. The van der Waals surface area contributed by atoms with Crippen molar-refractivity contribution in [3.8, 4) is 5.75 Å². The van der Waals surface area contributed by atoms with E-state index < -0.39 is 56.4 Å². The van der Waals surface area contributed by atoms with Crippen LogP contribution in [0.3, 0.4) is 0 Å². The van der Waals surface area contributed by atoms with Crippen LogP contribution in [0.5, 0.6) is 5.75 Å². The van der Waals surface area contributed by atoms with Crippen molar-refractivity contribution in [1.29, 1.82) is 0 Å². The molecule has 1 heterocycles. The van der Waals surface area contributed by atoms with Crippen LogP contribution in [0.25, 0.3) is 0 Å². The first kappa shape index (κ1) is 22.2. The summed E-state index contributed by atoms with van der Waals surface area (Å²) in [6, 6.07) is 2.81. The van der Waals surface area contributed by atoms with E-state index in [0.717, 1.165) is 19.2 Å². The number of rotatable bonds is 5. The summed E-state index contributed by atoms with van der Waals surface area (Å²) in [4.78, 5) is 17.1. The molecule has 0 spiro atoms. The van der Waals surface area contributed by atoms with Gasteiger partial charge in [0.25, 0.3) is 10.0 Å². The van der Waals surface area contributed by atoms with E-state index in [2.05, 4.69) is 19.4 Å². The van der Waals surface area contributed by atoms with E-state index >= 15 is 0 Å². The summed E-state index contributed by atoms with van der Waals surface area (Å²) in [5, 5.41) is 0. The Morgan fingerprint density at radius 3 is 2.14 bits per heavy atom. The number of nitrogens with zero attached hydrogens (tertiary/aromatic N) is 2. The monoisotopic (exact) mass is 445 g/mol. The minimum absolute atomic E-state index is 0.416. The molecule has 1 aromatic carbocycles. The molecule has 0 aliphatic heterocycles. The van der Waals surface area contributed by atoms with Gasteiger partial charge in [-0.05, 0) is 24.3 Å². The molecule has 8 nitrogen and oxygen atoms in total. The Labute approximate surface area is 158 Å². The molecule has 0 aliphatic carbocycles. The van der Waals surface area contributed by atoms with Crippen LogP contribution in [-0.2, 0) is 20.9 Å². The van der Waals surface area contributed by atoms with Crippen molar-refractivity contribution in [3.63, 3.8) is 0 Å². The molecule has 0 radical (unpaired) electrons. The summed E-state index contributed by atoms with van der Waals surface area (Å²) in [6.45, 7) is 0. The molecular weight excluding hydrogens is 436 g/mol. The van der Waals surface area contributed by atoms with Gasteiger partial charge >= 0.3 is 18.5 Å². The van der Waals surface area contributed by atoms with E-state index in [9.17, 15) is 39.6 Å². The van der Waals surface area contributed by atoms with Gasteiger partial charge < -0.3 is 9.47 Å². The smallest absolute Gasteiger partial charge is 0.465 e. The summed E-state index contributed by atoms with van der Waals surface area (Å²) >= 11 is 0. The first-order chi connectivity index (χ1) is 13.2. The Morgan fingerprint density at radius 1 is 1.07 bits per heavy atom. The highest BCUT2D eigenvalue weighted by Crippen LogP contribution is 2.31. The quantitative estimate of drug-likeness (QED) is 0.557. The first-order valence-electron chi connectivity index (χ1n) is 7.14. The van der Waals surface area contributed by atoms with Crippen molar-refractivity contribution < 1.29 is 49.0 Å². The molecular formula is C14H9F6N3O5S. The Balaban J connectivity index is 2.34. The summed E-state index contributed by atoms with van der Waals surface area (Å²) in [7, 11) is -3.75. The van der Waals surface area contributed by atoms with Crippen LogP contribution in [-0.4, -0.2) is 37.8 Å². The number of carbonyl (C=O) groups excluding carboxylic acids is 1. The van der Waals surface area contributed by atoms with Crippen LogP contribution in [0.2, 0.25) is 0 Å². The molecule has 29 heavy (non-hydrogen) atoms. The lowest BCUT2D eigenvalue weighted by Gasteiger charge is -2.13. The number of methoxy groups -OCH3 is 1. The molecule has 1 N–H and O–H groups in total. The van der Waals surface area contributed by atoms with E-state index in [4.69, 9.17) is 0 Å². The molecule has 0 bridgehead atoms. The molecule has 2 aromatic rings. The highest BCUT2D eigenvalue weighted by molar-refractivity contribution is 7.92. The number of sulfonamides is 1. The molecule has 2 rings (SSSR count). The van der Waals surface area contributed by atoms with Gasteiger partial charge in [0.1, 0.15) is 11.3 Å². The molecule has 0 aliphatic rings. The van der Waals surface area contributed by atoms with Crippen LogP contribution in [0.15, 0.2) is 35.4 Å². The van der Waals surface area contributed by atoms with Crippen LogP contribution in [0.4, 0.5) is 32.3 Å². The van der Waals surface area contributed by atoms with Gasteiger partial charge in [-0.3, -0.25) is 0 Å². The number of benzene rings is 1. The van der Waals surface area contributed by atoms with E-state index in [-0.39, 0.29) is 0 Å². The maximum atomic E-state index is 13.1. The van der Waals surface area contributed by atoms with Crippen LogP contribution < -0.4 is 9.46 Å². The second-order valence-electron chi connectivity index (χ2n) is 5.07. The third-order valence-electron chi connectivity index (χ3n) is 3.06. The van der Waals surface area contributed by atoms with E-state index in [1.807, 2.05) is 0 Å². The standard InChI is InChI=1S/C14H9F6N3O5S/c1-27-11(24)9-6-21-12(22-10(9)13(15,16)17)23-29(25,26)8-4-2-7(3-5-8)28-14(18,19)20/h2-6H,1H3,(H,21,22,23). The number of nitrogens with one attached hydrogen (secondary N) is 1. The Hall–Kier alpha value is -3.10.